The summed E-state index contributed by atoms with van der Waals surface area (Å²) in [6.45, 7) is -0.251. The van der Waals surface area contributed by atoms with Crippen LogP contribution in [0.5, 0.6) is 11.5 Å². The highest BCUT2D eigenvalue weighted by atomic mass is 35.5. The quantitative estimate of drug-likeness (QED) is 0.543. The molecule has 0 atom stereocenters. The van der Waals surface area contributed by atoms with Gasteiger partial charge in [-0.15, -0.1) is 0 Å². The molecule has 0 unspecified atom stereocenters. The van der Waals surface area contributed by atoms with E-state index in [1.807, 2.05) is 0 Å². The van der Waals surface area contributed by atoms with Gasteiger partial charge in [-0.3, -0.25) is 9.59 Å². The smallest absolute Gasteiger partial charge is 0.259 e. The Labute approximate surface area is 166 Å². The van der Waals surface area contributed by atoms with E-state index in [0.29, 0.717) is 32.7 Å². The fraction of sp³-hybridized carbons (Fsp3) is 0.167. The number of methoxy groups -OCH3 is 2. The third-order valence-electron chi connectivity index (χ3n) is 3.41. The zero-order valence-corrected chi connectivity index (χ0v) is 16.1. The molecule has 2 rings (SSSR count). The summed E-state index contributed by atoms with van der Waals surface area (Å²) in [5.41, 5.74) is 3.22. The molecule has 0 bridgehead atoms. The van der Waals surface area contributed by atoms with E-state index in [1.54, 1.807) is 30.3 Å². The summed E-state index contributed by atoms with van der Waals surface area (Å²) in [6, 6.07) is 9.57. The van der Waals surface area contributed by atoms with Gasteiger partial charge in [-0.2, -0.15) is 5.10 Å². The molecule has 0 aromatic heterocycles. The molecule has 0 fully saturated rings. The summed E-state index contributed by atoms with van der Waals surface area (Å²) in [5.74, 6) is -0.0120. The monoisotopic (exact) mass is 409 g/mol. The van der Waals surface area contributed by atoms with Crippen LogP contribution in [0.1, 0.15) is 15.9 Å². The van der Waals surface area contributed by atoms with Crippen LogP contribution in [0.4, 0.5) is 0 Å². The number of carbonyl (C=O) groups excluding carboxylic acids is 2. The van der Waals surface area contributed by atoms with E-state index in [-0.39, 0.29) is 6.54 Å². The van der Waals surface area contributed by atoms with E-state index in [1.165, 1.54) is 26.5 Å². The van der Waals surface area contributed by atoms with E-state index in [0.717, 1.165) is 0 Å². The highest BCUT2D eigenvalue weighted by molar-refractivity contribution is 6.36. The number of rotatable bonds is 7. The van der Waals surface area contributed by atoms with Crippen LogP contribution in [0, 0.1) is 0 Å². The van der Waals surface area contributed by atoms with Gasteiger partial charge < -0.3 is 14.8 Å². The van der Waals surface area contributed by atoms with Crippen LogP contribution in [0.2, 0.25) is 10.0 Å². The van der Waals surface area contributed by atoms with Crippen molar-refractivity contribution in [2.24, 2.45) is 5.10 Å². The number of ether oxygens (including phenoxy) is 2. The van der Waals surface area contributed by atoms with Gasteiger partial charge in [-0.05, 0) is 30.3 Å². The van der Waals surface area contributed by atoms with E-state index in [2.05, 4.69) is 15.8 Å². The highest BCUT2D eigenvalue weighted by Gasteiger charge is 2.11. The highest BCUT2D eigenvalue weighted by Crippen LogP contribution is 2.27. The van der Waals surface area contributed by atoms with Gasteiger partial charge in [0, 0.05) is 16.1 Å². The maximum absolute atomic E-state index is 12.1. The lowest BCUT2D eigenvalue weighted by molar-refractivity contribution is -0.120. The SMILES string of the molecule is COc1ccc(C(=O)NCC(=O)N/N=C/c2ccc(Cl)cc2Cl)cc1OC. The van der Waals surface area contributed by atoms with Gasteiger partial charge in [0.05, 0.1) is 32.0 Å². The van der Waals surface area contributed by atoms with Gasteiger partial charge in [0.1, 0.15) is 0 Å². The maximum Gasteiger partial charge on any atom is 0.259 e. The fourth-order valence-electron chi connectivity index (χ4n) is 2.06. The molecular formula is C18H17Cl2N3O4. The number of benzene rings is 2. The first kappa shape index (κ1) is 20.5. The second-order valence-corrected chi connectivity index (χ2v) is 6.06. The lowest BCUT2D eigenvalue weighted by atomic mass is 10.2. The lowest BCUT2D eigenvalue weighted by Gasteiger charge is -2.09. The van der Waals surface area contributed by atoms with Crippen molar-refractivity contribution < 1.29 is 19.1 Å². The molecular weight excluding hydrogens is 393 g/mol. The van der Waals surface area contributed by atoms with Crippen molar-refractivity contribution in [3.8, 4) is 11.5 Å². The minimum Gasteiger partial charge on any atom is -0.493 e. The van der Waals surface area contributed by atoms with E-state index in [4.69, 9.17) is 32.7 Å². The minimum absolute atomic E-state index is 0.251. The van der Waals surface area contributed by atoms with Crippen LogP contribution in [0.15, 0.2) is 41.5 Å². The summed E-state index contributed by atoms with van der Waals surface area (Å²) in [5, 5.41) is 7.19. The molecule has 142 valence electrons. The van der Waals surface area contributed by atoms with Gasteiger partial charge >= 0.3 is 0 Å². The second-order valence-electron chi connectivity index (χ2n) is 5.21. The van der Waals surface area contributed by atoms with Gasteiger partial charge in [0.25, 0.3) is 11.8 Å². The molecule has 7 nitrogen and oxygen atoms in total. The van der Waals surface area contributed by atoms with Crippen LogP contribution < -0.4 is 20.2 Å². The number of hydrazone groups is 1. The largest absolute Gasteiger partial charge is 0.493 e. The Morgan fingerprint density at radius 3 is 2.48 bits per heavy atom. The van der Waals surface area contributed by atoms with Crippen LogP contribution in [-0.4, -0.2) is 38.8 Å². The molecule has 9 heteroatoms. The number of amides is 2. The molecule has 2 amide bonds. The number of hydrogen-bond donors (Lipinski definition) is 2. The molecule has 2 aromatic carbocycles. The zero-order valence-electron chi connectivity index (χ0n) is 14.6. The van der Waals surface area contributed by atoms with E-state index < -0.39 is 11.8 Å². The number of nitrogens with zero attached hydrogens (tertiary/aromatic N) is 1. The van der Waals surface area contributed by atoms with Gasteiger partial charge in [0.15, 0.2) is 11.5 Å². The summed E-state index contributed by atoms with van der Waals surface area (Å²) in [4.78, 5) is 23.9. The van der Waals surface area contributed by atoms with Crippen molar-refractivity contribution in [2.75, 3.05) is 20.8 Å². The normalized spacial score (nSPS) is 10.5. The Bertz CT molecular complexity index is 872. The van der Waals surface area contributed by atoms with Crippen molar-refractivity contribution in [2.45, 2.75) is 0 Å². The van der Waals surface area contributed by atoms with E-state index in [9.17, 15) is 9.59 Å². The Hall–Kier alpha value is -2.77. The summed E-state index contributed by atoms with van der Waals surface area (Å²) in [6.07, 6.45) is 1.38. The molecule has 0 radical (unpaired) electrons. The second kappa shape index (κ2) is 9.80. The fourth-order valence-corrected chi connectivity index (χ4v) is 2.52. The number of carbonyl (C=O) groups is 2. The molecule has 0 saturated carbocycles. The Kier molecular flexibility index (Phi) is 7.45. The van der Waals surface area contributed by atoms with Crippen molar-refractivity contribution in [1.29, 1.82) is 0 Å². The Morgan fingerprint density at radius 1 is 1.07 bits per heavy atom. The summed E-state index contributed by atoms with van der Waals surface area (Å²) >= 11 is 11.8. The van der Waals surface area contributed by atoms with E-state index >= 15 is 0 Å². The summed E-state index contributed by atoms with van der Waals surface area (Å²) < 4.78 is 10.3. The molecule has 27 heavy (non-hydrogen) atoms. The average Bonchev–Trinajstić information content (AvgIpc) is 2.67. The first-order chi connectivity index (χ1) is 12.9. The topological polar surface area (TPSA) is 89.0 Å². The molecule has 0 saturated heterocycles. The minimum atomic E-state index is -0.495. The third kappa shape index (κ3) is 5.87. The van der Waals surface area contributed by atoms with Crippen molar-refractivity contribution in [1.82, 2.24) is 10.7 Å². The zero-order chi connectivity index (χ0) is 19.8. The van der Waals surface area contributed by atoms with Crippen molar-refractivity contribution >= 4 is 41.2 Å². The van der Waals surface area contributed by atoms with Gasteiger partial charge in [0.2, 0.25) is 0 Å². The third-order valence-corrected chi connectivity index (χ3v) is 3.97. The van der Waals surface area contributed by atoms with Crippen LogP contribution >= 0.6 is 23.2 Å². The molecule has 2 N–H and O–H groups in total. The Balaban J connectivity index is 1.87. The summed E-state index contributed by atoms with van der Waals surface area (Å²) in [7, 11) is 2.97. The molecule has 0 aliphatic rings. The van der Waals surface area contributed by atoms with Crippen LogP contribution in [0.25, 0.3) is 0 Å². The molecule has 2 aromatic rings. The number of halogens is 2. The lowest BCUT2D eigenvalue weighted by Crippen LogP contribution is -2.34. The maximum atomic E-state index is 12.1. The Morgan fingerprint density at radius 2 is 1.81 bits per heavy atom. The average molecular weight is 410 g/mol. The van der Waals surface area contributed by atoms with Crippen molar-refractivity contribution in [3.63, 3.8) is 0 Å². The van der Waals surface area contributed by atoms with Gasteiger partial charge in [-0.1, -0.05) is 29.3 Å². The molecule has 0 aliphatic carbocycles. The standard InChI is InChI=1S/C18H17Cl2N3O4/c1-26-15-6-4-11(7-16(15)27-2)18(25)21-10-17(24)23-22-9-12-3-5-13(19)8-14(12)20/h3-9H,10H2,1-2H3,(H,21,25)(H,23,24)/b22-9+. The van der Waals surface area contributed by atoms with Crippen molar-refractivity contribution in [3.05, 3.63) is 57.6 Å². The molecule has 0 aliphatic heterocycles. The molecule has 0 spiro atoms. The predicted molar refractivity (Wildman–Crippen MR) is 104 cm³/mol. The number of hydrogen-bond acceptors (Lipinski definition) is 5. The number of nitrogens with one attached hydrogen (secondary N) is 2. The van der Waals surface area contributed by atoms with Crippen LogP contribution in [0.3, 0.4) is 0 Å². The molecule has 0 heterocycles. The first-order valence-corrected chi connectivity index (χ1v) is 8.47. The van der Waals surface area contributed by atoms with Crippen LogP contribution in [-0.2, 0) is 4.79 Å². The first-order valence-electron chi connectivity index (χ1n) is 7.71. The van der Waals surface area contributed by atoms with Gasteiger partial charge in [-0.25, -0.2) is 5.43 Å². The predicted octanol–water partition coefficient (Wildman–Crippen LogP) is 2.89.